The summed E-state index contributed by atoms with van der Waals surface area (Å²) in [5.41, 5.74) is 6.75. The van der Waals surface area contributed by atoms with E-state index in [2.05, 4.69) is 29.2 Å². The summed E-state index contributed by atoms with van der Waals surface area (Å²) in [6.45, 7) is 6.31. The van der Waals surface area contributed by atoms with Crippen LogP contribution in [-0.2, 0) is 7.05 Å². The minimum Gasteiger partial charge on any atom is -0.440 e. The first-order chi connectivity index (χ1) is 10.4. The summed E-state index contributed by atoms with van der Waals surface area (Å²) in [5, 5.41) is 6.99. The first-order valence-electron chi connectivity index (χ1n) is 7.38. The molecule has 1 amide bonds. The highest BCUT2D eigenvalue weighted by Gasteiger charge is 2.21. The molecular weight excluding hydrogens is 282 g/mol. The van der Waals surface area contributed by atoms with E-state index in [1.807, 2.05) is 7.05 Å². The number of hydrogen-bond acceptors (Lipinski definition) is 5. The Morgan fingerprint density at radius 2 is 2.23 bits per heavy atom. The lowest BCUT2D eigenvalue weighted by Crippen LogP contribution is -2.41. The van der Waals surface area contributed by atoms with Gasteiger partial charge in [-0.2, -0.15) is 5.10 Å². The first-order valence-corrected chi connectivity index (χ1v) is 7.38. The monoisotopic (exact) mass is 305 g/mol. The molecule has 0 aliphatic heterocycles. The zero-order chi connectivity index (χ0) is 16.3. The number of hydrogen-bond donors (Lipinski definition) is 2. The highest BCUT2D eigenvalue weighted by Crippen LogP contribution is 2.21. The van der Waals surface area contributed by atoms with Gasteiger partial charge in [0.15, 0.2) is 5.69 Å². The van der Waals surface area contributed by atoms with Crippen LogP contribution in [0.1, 0.15) is 36.5 Å². The highest BCUT2D eigenvalue weighted by molar-refractivity contribution is 5.93. The molecule has 7 nitrogen and oxygen atoms in total. The number of nitrogens with zero attached hydrogens (tertiary/aromatic N) is 3. The van der Waals surface area contributed by atoms with E-state index >= 15 is 0 Å². The van der Waals surface area contributed by atoms with Crippen LogP contribution in [0.15, 0.2) is 16.8 Å². The van der Waals surface area contributed by atoms with Crippen molar-refractivity contribution in [1.29, 1.82) is 0 Å². The Labute approximate surface area is 129 Å². The van der Waals surface area contributed by atoms with Crippen LogP contribution in [0.5, 0.6) is 0 Å². The number of nitrogens with two attached hydrogens (primary N) is 1. The summed E-state index contributed by atoms with van der Waals surface area (Å²) < 4.78 is 7.23. The number of carbonyl (C=O) groups excluding carboxylic acids is 1. The lowest BCUT2D eigenvalue weighted by Gasteiger charge is -2.18. The van der Waals surface area contributed by atoms with Gasteiger partial charge in [-0.25, -0.2) is 4.98 Å². The Balaban J connectivity index is 2.15. The maximum absolute atomic E-state index is 12.4. The van der Waals surface area contributed by atoms with Gasteiger partial charge in [0.1, 0.15) is 5.76 Å². The molecule has 2 aromatic heterocycles. The fourth-order valence-electron chi connectivity index (χ4n) is 2.30. The number of nitrogens with one attached hydrogen (secondary N) is 1. The molecule has 0 bridgehead atoms. The maximum Gasteiger partial charge on any atom is 0.273 e. The largest absolute Gasteiger partial charge is 0.440 e. The lowest BCUT2D eigenvalue weighted by molar-refractivity contribution is 0.0928. The zero-order valence-electron chi connectivity index (χ0n) is 13.5. The van der Waals surface area contributed by atoms with E-state index < -0.39 is 0 Å². The molecule has 1 atom stereocenters. The van der Waals surface area contributed by atoms with Gasteiger partial charge in [0, 0.05) is 25.8 Å². The molecule has 120 valence electrons. The molecule has 2 rings (SSSR count). The van der Waals surface area contributed by atoms with E-state index in [9.17, 15) is 4.79 Å². The summed E-state index contributed by atoms with van der Waals surface area (Å²) in [6.07, 6.45) is 4.26. The Kier molecular flexibility index (Phi) is 4.97. The third kappa shape index (κ3) is 3.73. The number of carbonyl (C=O) groups is 1. The fourth-order valence-corrected chi connectivity index (χ4v) is 2.30. The molecule has 0 fully saturated rings. The van der Waals surface area contributed by atoms with E-state index in [1.165, 1.54) is 0 Å². The zero-order valence-corrected chi connectivity index (χ0v) is 13.5. The van der Waals surface area contributed by atoms with Crippen LogP contribution in [0, 0.1) is 12.8 Å². The van der Waals surface area contributed by atoms with Gasteiger partial charge in [-0.3, -0.25) is 9.48 Å². The molecule has 0 radical (unpaired) electrons. The van der Waals surface area contributed by atoms with Crippen molar-refractivity contribution in [3.8, 4) is 11.5 Å². The molecule has 0 aliphatic rings. The SMILES string of the molecule is Cc1oc(-c2cnn(C)c2)nc1C(=O)NC(CN)CC(C)C. The van der Waals surface area contributed by atoms with E-state index in [0.29, 0.717) is 29.8 Å². The average molecular weight is 305 g/mol. The van der Waals surface area contributed by atoms with Crippen LogP contribution in [0.4, 0.5) is 0 Å². The third-order valence-electron chi connectivity index (χ3n) is 3.34. The van der Waals surface area contributed by atoms with Gasteiger partial charge < -0.3 is 15.5 Å². The molecule has 3 N–H and O–H groups in total. The van der Waals surface area contributed by atoms with Crippen LogP contribution < -0.4 is 11.1 Å². The number of oxazole rings is 1. The number of aryl methyl sites for hydroxylation is 2. The van der Waals surface area contributed by atoms with Crippen molar-refractivity contribution in [3.05, 3.63) is 23.8 Å². The van der Waals surface area contributed by atoms with Crippen LogP contribution >= 0.6 is 0 Å². The van der Waals surface area contributed by atoms with Crippen molar-refractivity contribution in [1.82, 2.24) is 20.1 Å². The van der Waals surface area contributed by atoms with Gasteiger partial charge in [0.05, 0.1) is 11.8 Å². The molecule has 22 heavy (non-hydrogen) atoms. The van der Waals surface area contributed by atoms with Gasteiger partial charge >= 0.3 is 0 Å². The molecule has 7 heteroatoms. The second-order valence-electron chi connectivity index (χ2n) is 5.86. The van der Waals surface area contributed by atoms with Gasteiger partial charge in [0.25, 0.3) is 5.91 Å². The Hall–Kier alpha value is -2.15. The van der Waals surface area contributed by atoms with Gasteiger partial charge in [-0.1, -0.05) is 13.8 Å². The maximum atomic E-state index is 12.4. The number of amides is 1. The van der Waals surface area contributed by atoms with Crippen LogP contribution in [-0.4, -0.2) is 33.3 Å². The van der Waals surface area contributed by atoms with Crippen LogP contribution in [0.25, 0.3) is 11.5 Å². The Morgan fingerprint density at radius 3 is 2.77 bits per heavy atom. The molecule has 2 heterocycles. The quantitative estimate of drug-likeness (QED) is 0.842. The standard InChI is InChI=1S/C15H23N5O2/c1-9(2)5-12(6-16)18-14(21)13-10(3)22-15(19-13)11-7-17-20(4)8-11/h7-9,12H,5-6,16H2,1-4H3,(H,18,21). The summed E-state index contributed by atoms with van der Waals surface area (Å²) in [5.74, 6) is 1.08. The minimum absolute atomic E-state index is 0.0644. The van der Waals surface area contributed by atoms with E-state index in [-0.39, 0.29) is 11.9 Å². The Bertz CT molecular complexity index is 644. The summed E-state index contributed by atoms with van der Waals surface area (Å²) in [4.78, 5) is 16.6. The lowest BCUT2D eigenvalue weighted by atomic mass is 10.0. The van der Waals surface area contributed by atoms with Crippen molar-refractivity contribution in [2.24, 2.45) is 18.7 Å². The fraction of sp³-hybridized carbons (Fsp3) is 0.533. The van der Waals surface area contributed by atoms with Crippen LogP contribution in [0.3, 0.4) is 0 Å². The van der Waals surface area contributed by atoms with Gasteiger partial charge in [-0.05, 0) is 19.3 Å². The molecular formula is C15H23N5O2. The van der Waals surface area contributed by atoms with Crippen molar-refractivity contribution < 1.29 is 9.21 Å². The smallest absolute Gasteiger partial charge is 0.273 e. The molecule has 0 saturated heterocycles. The summed E-state index contributed by atoms with van der Waals surface area (Å²) in [6, 6.07) is -0.0644. The predicted octanol–water partition coefficient (Wildman–Crippen LogP) is 1.49. The van der Waals surface area contributed by atoms with E-state index in [4.69, 9.17) is 10.2 Å². The first kappa shape index (κ1) is 16.2. The highest BCUT2D eigenvalue weighted by atomic mass is 16.4. The predicted molar refractivity (Wildman–Crippen MR) is 83.2 cm³/mol. The minimum atomic E-state index is -0.257. The van der Waals surface area contributed by atoms with Gasteiger partial charge in [0.2, 0.25) is 5.89 Å². The average Bonchev–Trinajstić information content (AvgIpc) is 3.03. The summed E-state index contributed by atoms with van der Waals surface area (Å²) in [7, 11) is 1.81. The topological polar surface area (TPSA) is 99.0 Å². The van der Waals surface area contributed by atoms with Crippen molar-refractivity contribution in [3.63, 3.8) is 0 Å². The molecule has 0 aromatic carbocycles. The number of aromatic nitrogens is 3. The van der Waals surface area contributed by atoms with Crippen molar-refractivity contribution in [2.45, 2.75) is 33.2 Å². The molecule has 0 aliphatic carbocycles. The molecule has 0 spiro atoms. The molecule has 2 aromatic rings. The van der Waals surface area contributed by atoms with Crippen molar-refractivity contribution in [2.75, 3.05) is 6.54 Å². The van der Waals surface area contributed by atoms with E-state index in [1.54, 1.807) is 24.0 Å². The Morgan fingerprint density at radius 1 is 1.50 bits per heavy atom. The van der Waals surface area contributed by atoms with E-state index in [0.717, 1.165) is 12.0 Å². The van der Waals surface area contributed by atoms with Crippen LogP contribution in [0.2, 0.25) is 0 Å². The summed E-state index contributed by atoms with van der Waals surface area (Å²) >= 11 is 0. The van der Waals surface area contributed by atoms with Crippen molar-refractivity contribution >= 4 is 5.91 Å². The van der Waals surface area contributed by atoms with Gasteiger partial charge in [-0.15, -0.1) is 0 Å². The second kappa shape index (κ2) is 6.74. The molecule has 0 saturated carbocycles. The second-order valence-corrected chi connectivity index (χ2v) is 5.86. The third-order valence-corrected chi connectivity index (χ3v) is 3.34. The molecule has 1 unspecified atom stereocenters. The number of rotatable bonds is 6. The normalized spacial score (nSPS) is 12.6.